The van der Waals surface area contributed by atoms with E-state index in [0.29, 0.717) is 5.92 Å². The van der Waals surface area contributed by atoms with Crippen LogP contribution < -0.4 is 0 Å². The molecule has 0 heterocycles. The fourth-order valence-electron chi connectivity index (χ4n) is 2.25. The number of carbonyl (C=O) groups excluding carboxylic acids is 1. The lowest BCUT2D eigenvalue weighted by molar-refractivity contribution is -0.158. The lowest BCUT2D eigenvalue weighted by Crippen LogP contribution is -2.40. The van der Waals surface area contributed by atoms with Gasteiger partial charge in [-0.2, -0.15) is 0 Å². The van der Waals surface area contributed by atoms with E-state index in [9.17, 15) is 9.90 Å². The van der Waals surface area contributed by atoms with Crippen LogP contribution in [-0.2, 0) is 9.53 Å². The van der Waals surface area contributed by atoms with Gasteiger partial charge in [-0.1, -0.05) is 13.3 Å². The van der Waals surface area contributed by atoms with Gasteiger partial charge in [-0.15, -0.1) is 0 Å². The molecule has 0 amide bonds. The molecule has 1 saturated carbocycles. The highest BCUT2D eigenvalue weighted by atomic mass is 16.6. The molecule has 0 saturated heterocycles. The summed E-state index contributed by atoms with van der Waals surface area (Å²) in [6.45, 7) is 3.51. The summed E-state index contributed by atoms with van der Waals surface area (Å²) >= 11 is 0. The fourth-order valence-corrected chi connectivity index (χ4v) is 2.25. The number of hydrogen-bond donors (Lipinski definition) is 1. The van der Waals surface area contributed by atoms with Gasteiger partial charge in [-0.05, 0) is 31.6 Å². The van der Waals surface area contributed by atoms with Gasteiger partial charge in [0.15, 0.2) is 0 Å². The van der Waals surface area contributed by atoms with Crippen LogP contribution in [0.15, 0.2) is 0 Å². The molecule has 0 bridgehead atoms. The molecule has 0 aromatic heterocycles. The average Bonchev–Trinajstić information content (AvgIpc) is 2.11. The van der Waals surface area contributed by atoms with Crippen molar-refractivity contribution >= 4 is 5.97 Å². The van der Waals surface area contributed by atoms with E-state index in [0.717, 1.165) is 32.1 Å². The third-order valence-corrected chi connectivity index (χ3v) is 2.90. The zero-order valence-corrected chi connectivity index (χ0v) is 9.03. The Balaban J connectivity index is 2.47. The van der Waals surface area contributed by atoms with Crippen molar-refractivity contribution in [1.29, 1.82) is 0 Å². The molecular weight excluding hydrogens is 180 g/mol. The predicted molar refractivity (Wildman–Crippen MR) is 53.8 cm³/mol. The molecule has 1 aliphatic rings. The van der Waals surface area contributed by atoms with Gasteiger partial charge in [-0.3, -0.25) is 4.79 Å². The normalized spacial score (nSPS) is 32.6. The molecule has 1 N–H and O–H groups in total. The van der Waals surface area contributed by atoms with Crippen molar-refractivity contribution in [2.24, 2.45) is 5.92 Å². The van der Waals surface area contributed by atoms with Crippen molar-refractivity contribution in [3.63, 3.8) is 0 Å². The van der Waals surface area contributed by atoms with Crippen molar-refractivity contribution in [2.75, 3.05) is 0 Å². The van der Waals surface area contributed by atoms with Crippen LogP contribution in [0.25, 0.3) is 0 Å². The number of rotatable bonds is 3. The molecule has 0 aliphatic heterocycles. The molecule has 3 unspecified atom stereocenters. The summed E-state index contributed by atoms with van der Waals surface area (Å²) in [6.07, 6.45) is 4.31. The van der Waals surface area contributed by atoms with Crippen LogP contribution in [0.4, 0.5) is 0 Å². The number of esters is 1. The van der Waals surface area contributed by atoms with Crippen molar-refractivity contribution in [3.05, 3.63) is 0 Å². The van der Waals surface area contributed by atoms with Crippen LogP contribution in [0.1, 0.15) is 46.0 Å². The highest BCUT2D eigenvalue weighted by molar-refractivity contribution is 5.66. The monoisotopic (exact) mass is 200 g/mol. The second-order valence-corrected chi connectivity index (χ2v) is 4.12. The highest BCUT2D eigenvalue weighted by Gasteiger charge is 2.32. The lowest BCUT2D eigenvalue weighted by Gasteiger charge is -2.33. The Morgan fingerprint density at radius 2 is 2.21 bits per heavy atom. The smallest absolute Gasteiger partial charge is 0.302 e. The molecule has 82 valence electrons. The number of hydrogen-bond acceptors (Lipinski definition) is 3. The topological polar surface area (TPSA) is 46.5 Å². The molecule has 0 radical (unpaired) electrons. The van der Waals surface area contributed by atoms with E-state index in [1.165, 1.54) is 6.92 Å². The molecule has 14 heavy (non-hydrogen) atoms. The minimum Gasteiger partial charge on any atom is -0.460 e. The summed E-state index contributed by atoms with van der Waals surface area (Å²) in [7, 11) is 0. The third kappa shape index (κ3) is 2.98. The molecule has 0 aromatic carbocycles. The molecule has 0 aromatic rings. The highest BCUT2D eigenvalue weighted by Crippen LogP contribution is 2.30. The quantitative estimate of drug-likeness (QED) is 0.707. The zero-order chi connectivity index (χ0) is 10.6. The Bertz CT molecular complexity index is 189. The second kappa shape index (κ2) is 5.35. The Labute approximate surface area is 85.5 Å². The second-order valence-electron chi connectivity index (χ2n) is 4.12. The number of ether oxygens (including phenoxy) is 1. The maximum Gasteiger partial charge on any atom is 0.302 e. The first kappa shape index (κ1) is 11.5. The maximum absolute atomic E-state index is 10.8. The Morgan fingerprint density at radius 3 is 2.79 bits per heavy atom. The molecule has 1 aliphatic carbocycles. The predicted octanol–water partition coefficient (Wildman–Crippen LogP) is 1.88. The van der Waals surface area contributed by atoms with Gasteiger partial charge >= 0.3 is 5.97 Å². The van der Waals surface area contributed by atoms with Crippen LogP contribution in [-0.4, -0.2) is 23.3 Å². The Morgan fingerprint density at radius 1 is 1.50 bits per heavy atom. The molecule has 1 fully saturated rings. The van der Waals surface area contributed by atoms with Crippen LogP contribution >= 0.6 is 0 Å². The van der Waals surface area contributed by atoms with Crippen molar-refractivity contribution in [2.45, 2.75) is 58.2 Å². The first-order valence-electron chi connectivity index (χ1n) is 5.50. The maximum atomic E-state index is 10.8. The molecule has 3 atom stereocenters. The minimum absolute atomic E-state index is 0.266. The number of carbonyl (C=O) groups is 1. The summed E-state index contributed by atoms with van der Waals surface area (Å²) in [4.78, 5) is 10.8. The van der Waals surface area contributed by atoms with E-state index in [4.69, 9.17) is 4.74 Å². The molecular formula is C11H20O3. The fraction of sp³-hybridized carbons (Fsp3) is 0.909. The SMILES string of the molecule is CCCC1CCCC(OC(C)=O)C1O. The summed E-state index contributed by atoms with van der Waals surface area (Å²) in [5, 5.41) is 9.93. The van der Waals surface area contributed by atoms with Gasteiger partial charge < -0.3 is 9.84 Å². The van der Waals surface area contributed by atoms with Gasteiger partial charge in [0.1, 0.15) is 6.10 Å². The van der Waals surface area contributed by atoms with Crippen LogP contribution in [0, 0.1) is 5.92 Å². The van der Waals surface area contributed by atoms with E-state index in [1.807, 2.05) is 0 Å². The molecule has 3 nitrogen and oxygen atoms in total. The first-order chi connectivity index (χ1) is 6.65. The first-order valence-corrected chi connectivity index (χ1v) is 5.50. The van der Waals surface area contributed by atoms with Gasteiger partial charge in [0, 0.05) is 6.92 Å². The van der Waals surface area contributed by atoms with Gasteiger partial charge in [0.2, 0.25) is 0 Å². The lowest BCUT2D eigenvalue weighted by atomic mass is 9.82. The number of aliphatic hydroxyl groups is 1. The average molecular weight is 200 g/mol. The Kier molecular flexibility index (Phi) is 4.39. The summed E-state index contributed by atoms with van der Waals surface area (Å²) in [6, 6.07) is 0. The molecule has 0 spiro atoms. The molecule has 1 rings (SSSR count). The van der Waals surface area contributed by atoms with E-state index < -0.39 is 6.10 Å². The van der Waals surface area contributed by atoms with Crippen molar-refractivity contribution in [3.8, 4) is 0 Å². The van der Waals surface area contributed by atoms with Crippen molar-refractivity contribution in [1.82, 2.24) is 0 Å². The summed E-state index contributed by atoms with van der Waals surface area (Å²) < 4.78 is 5.09. The van der Waals surface area contributed by atoms with Gasteiger partial charge in [-0.25, -0.2) is 0 Å². The van der Waals surface area contributed by atoms with E-state index in [-0.39, 0.29) is 12.1 Å². The van der Waals surface area contributed by atoms with E-state index in [2.05, 4.69) is 6.92 Å². The zero-order valence-electron chi connectivity index (χ0n) is 9.03. The number of aliphatic hydroxyl groups excluding tert-OH is 1. The van der Waals surface area contributed by atoms with E-state index in [1.54, 1.807) is 0 Å². The van der Waals surface area contributed by atoms with Crippen LogP contribution in [0.2, 0.25) is 0 Å². The van der Waals surface area contributed by atoms with Gasteiger partial charge in [0.25, 0.3) is 0 Å². The Hall–Kier alpha value is -0.570. The molecule has 3 heteroatoms. The van der Waals surface area contributed by atoms with Crippen LogP contribution in [0.3, 0.4) is 0 Å². The van der Waals surface area contributed by atoms with Crippen LogP contribution in [0.5, 0.6) is 0 Å². The summed E-state index contributed by atoms with van der Waals surface area (Å²) in [5.74, 6) is 0.0318. The van der Waals surface area contributed by atoms with Crippen molar-refractivity contribution < 1.29 is 14.6 Å². The van der Waals surface area contributed by atoms with E-state index >= 15 is 0 Å². The largest absolute Gasteiger partial charge is 0.460 e. The summed E-state index contributed by atoms with van der Waals surface area (Å²) in [5.41, 5.74) is 0. The third-order valence-electron chi connectivity index (χ3n) is 2.90. The van der Waals surface area contributed by atoms with Gasteiger partial charge in [0.05, 0.1) is 6.10 Å². The standard InChI is InChI=1S/C11H20O3/c1-3-5-9-6-4-7-10(11(9)13)14-8(2)12/h9-11,13H,3-7H2,1-2H3. The minimum atomic E-state index is -0.451.